The SMILES string of the molecule is CC(C)(C)OC(=O)N1CCC[C@@H]1[C@@H](O)[C@@H](N)Cc1cc(F)cc(F)c1.C[C@@H](Cc1cc(F)cc(F)c1)[C@H](OCc1ccccc1)[C@H]1CCCN1C(=O)OC(C)(C)C. The summed E-state index contributed by atoms with van der Waals surface area (Å²) in [7, 11) is 0. The maximum Gasteiger partial charge on any atom is 0.410 e. The van der Waals surface area contributed by atoms with Crippen LogP contribution in [-0.2, 0) is 33.7 Å². The van der Waals surface area contributed by atoms with Gasteiger partial charge in [-0.15, -0.1) is 0 Å². The van der Waals surface area contributed by atoms with Gasteiger partial charge in [0, 0.05) is 31.3 Å². The molecule has 314 valence electrons. The Kier molecular flexibility index (Phi) is 15.9. The molecule has 3 aromatic carbocycles. The molecule has 5 rings (SSSR count). The van der Waals surface area contributed by atoms with Gasteiger partial charge in [-0.3, -0.25) is 0 Å². The monoisotopic (exact) mass is 801 g/mol. The molecule has 3 N–H and O–H groups in total. The number of hydrogen-bond acceptors (Lipinski definition) is 7. The van der Waals surface area contributed by atoms with Gasteiger partial charge in [-0.2, -0.15) is 0 Å². The van der Waals surface area contributed by atoms with Gasteiger partial charge in [0.25, 0.3) is 0 Å². The molecule has 0 aliphatic carbocycles. The lowest BCUT2D eigenvalue weighted by atomic mass is 9.90. The molecule has 0 unspecified atom stereocenters. The number of halogens is 4. The molecule has 0 spiro atoms. The minimum Gasteiger partial charge on any atom is -0.444 e. The zero-order valence-corrected chi connectivity index (χ0v) is 34.2. The van der Waals surface area contributed by atoms with Crippen molar-refractivity contribution >= 4 is 12.2 Å². The van der Waals surface area contributed by atoms with Crippen LogP contribution in [0.15, 0.2) is 66.7 Å². The first kappa shape index (κ1) is 45.5. The Balaban J connectivity index is 0.000000261. The van der Waals surface area contributed by atoms with E-state index in [1.165, 1.54) is 29.2 Å². The third-order valence-electron chi connectivity index (χ3n) is 9.79. The maximum absolute atomic E-state index is 13.7. The fourth-order valence-corrected chi connectivity index (χ4v) is 7.42. The topological polar surface area (TPSA) is 115 Å². The number of nitrogens with two attached hydrogens (primary N) is 1. The van der Waals surface area contributed by atoms with Gasteiger partial charge in [0.2, 0.25) is 0 Å². The fraction of sp³-hybridized carbons (Fsp3) is 0.545. The minimum atomic E-state index is -1.01. The number of aliphatic hydroxyl groups excluding tert-OH is 1. The number of ether oxygens (including phenoxy) is 3. The molecule has 9 nitrogen and oxygen atoms in total. The predicted molar refractivity (Wildman–Crippen MR) is 210 cm³/mol. The van der Waals surface area contributed by atoms with E-state index in [0.717, 1.165) is 37.0 Å². The molecule has 2 heterocycles. The third kappa shape index (κ3) is 14.3. The number of rotatable bonds is 11. The number of aliphatic hydroxyl groups is 1. The average molecular weight is 802 g/mol. The number of hydrogen-bond donors (Lipinski definition) is 2. The van der Waals surface area contributed by atoms with Gasteiger partial charge in [0.05, 0.1) is 30.9 Å². The molecular formula is C44H59F4N3O6. The second-order valence-corrected chi connectivity index (χ2v) is 17.1. The molecular weight excluding hydrogens is 742 g/mol. The Labute approximate surface area is 334 Å². The van der Waals surface area contributed by atoms with Crippen molar-refractivity contribution in [3.63, 3.8) is 0 Å². The van der Waals surface area contributed by atoms with Crippen LogP contribution in [0.1, 0.15) is 90.8 Å². The van der Waals surface area contributed by atoms with Crippen LogP contribution < -0.4 is 5.73 Å². The maximum atomic E-state index is 13.7. The summed E-state index contributed by atoms with van der Waals surface area (Å²) < 4.78 is 71.4. The van der Waals surface area contributed by atoms with E-state index in [2.05, 4.69) is 0 Å². The summed E-state index contributed by atoms with van der Waals surface area (Å²) in [6.07, 6.45) is 1.37. The van der Waals surface area contributed by atoms with Gasteiger partial charge in [0.1, 0.15) is 34.5 Å². The van der Waals surface area contributed by atoms with Gasteiger partial charge in [-0.05, 0) is 127 Å². The first-order valence-electron chi connectivity index (χ1n) is 19.7. The van der Waals surface area contributed by atoms with Crippen LogP contribution in [0.25, 0.3) is 0 Å². The minimum absolute atomic E-state index is 0.0760. The molecule has 2 aliphatic rings. The Morgan fingerprint density at radius 2 is 1.16 bits per heavy atom. The van der Waals surface area contributed by atoms with E-state index >= 15 is 0 Å². The van der Waals surface area contributed by atoms with Crippen LogP contribution in [0, 0.1) is 29.2 Å². The van der Waals surface area contributed by atoms with E-state index in [0.29, 0.717) is 43.7 Å². The number of amides is 2. The quantitative estimate of drug-likeness (QED) is 0.187. The van der Waals surface area contributed by atoms with Gasteiger partial charge in [0.15, 0.2) is 0 Å². The normalized spacial score (nSPS) is 19.3. The molecule has 0 bridgehead atoms. The van der Waals surface area contributed by atoms with Crippen molar-refractivity contribution in [2.45, 2.75) is 135 Å². The Hall–Kier alpha value is -4.20. The summed E-state index contributed by atoms with van der Waals surface area (Å²) in [5.41, 5.74) is 6.80. The highest BCUT2D eigenvalue weighted by Gasteiger charge is 2.41. The summed E-state index contributed by atoms with van der Waals surface area (Å²) in [5, 5.41) is 10.6. The van der Waals surface area contributed by atoms with Gasteiger partial charge in [-0.25, -0.2) is 27.2 Å². The Bertz CT molecular complexity index is 1730. The van der Waals surface area contributed by atoms with Crippen LogP contribution in [0.4, 0.5) is 27.2 Å². The van der Waals surface area contributed by atoms with E-state index < -0.39 is 58.8 Å². The lowest BCUT2D eigenvalue weighted by Gasteiger charge is -2.36. The second kappa shape index (κ2) is 20.0. The largest absolute Gasteiger partial charge is 0.444 e. The fourth-order valence-electron chi connectivity index (χ4n) is 7.42. The zero-order valence-electron chi connectivity index (χ0n) is 34.2. The van der Waals surface area contributed by atoms with E-state index in [4.69, 9.17) is 19.9 Å². The highest BCUT2D eigenvalue weighted by Crippen LogP contribution is 2.31. The van der Waals surface area contributed by atoms with E-state index in [1.54, 1.807) is 25.7 Å². The average Bonchev–Trinajstić information content (AvgIpc) is 3.78. The molecule has 13 heteroatoms. The van der Waals surface area contributed by atoms with Crippen LogP contribution in [0.2, 0.25) is 0 Å². The summed E-state index contributed by atoms with van der Waals surface area (Å²) in [4.78, 5) is 28.4. The van der Waals surface area contributed by atoms with Crippen molar-refractivity contribution < 1.29 is 46.5 Å². The lowest BCUT2D eigenvalue weighted by Crippen LogP contribution is -2.52. The molecule has 57 heavy (non-hydrogen) atoms. The van der Waals surface area contributed by atoms with Crippen molar-refractivity contribution in [3.05, 3.63) is 107 Å². The molecule has 0 aromatic heterocycles. The highest BCUT2D eigenvalue weighted by atomic mass is 19.1. The zero-order chi connectivity index (χ0) is 42.1. The third-order valence-corrected chi connectivity index (χ3v) is 9.79. The van der Waals surface area contributed by atoms with Crippen LogP contribution in [0.5, 0.6) is 0 Å². The van der Waals surface area contributed by atoms with E-state index in [1.807, 2.05) is 58.0 Å². The molecule has 3 aromatic rings. The molecule has 0 saturated carbocycles. The molecule has 2 aliphatic heterocycles. The van der Waals surface area contributed by atoms with Crippen LogP contribution in [-0.4, -0.2) is 81.7 Å². The number of likely N-dealkylation sites (tertiary alicyclic amines) is 2. The van der Waals surface area contributed by atoms with E-state index in [-0.39, 0.29) is 30.6 Å². The Morgan fingerprint density at radius 3 is 1.63 bits per heavy atom. The number of carbonyl (C=O) groups is 2. The highest BCUT2D eigenvalue weighted by molar-refractivity contribution is 5.69. The van der Waals surface area contributed by atoms with Crippen molar-refractivity contribution in [3.8, 4) is 0 Å². The van der Waals surface area contributed by atoms with Gasteiger partial charge in [-0.1, -0.05) is 37.3 Å². The lowest BCUT2D eigenvalue weighted by molar-refractivity contribution is -0.0486. The van der Waals surface area contributed by atoms with Crippen LogP contribution in [0.3, 0.4) is 0 Å². The second-order valence-electron chi connectivity index (χ2n) is 17.1. The predicted octanol–water partition coefficient (Wildman–Crippen LogP) is 8.72. The number of nitrogens with zero attached hydrogens (tertiary/aromatic N) is 2. The summed E-state index contributed by atoms with van der Waals surface area (Å²) in [6.45, 7) is 14.4. The smallest absolute Gasteiger partial charge is 0.410 e. The summed E-state index contributed by atoms with van der Waals surface area (Å²) in [5.74, 6) is -2.63. The molecule has 0 radical (unpaired) electrons. The van der Waals surface area contributed by atoms with Crippen molar-refractivity contribution in [1.82, 2.24) is 9.80 Å². The molecule has 6 atom stereocenters. The van der Waals surface area contributed by atoms with Crippen molar-refractivity contribution in [2.75, 3.05) is 13.1 Å². The summed E-state index contributed by atoms with van der Waals surface area (Å²) in [6, 6.07) is 15.2. The van der Waals surface area contributed by atoms with Gasteiger partial charge < -0.3 is 34.9 Å². The molecule has 2 fully saturated rings. The first-order chi connectivity index (χ1) is 26.7. The standard InChI is InChI=1S/C26H33F2NO3.C18H26F2N2O3/c1-18(13-20-14-21(27)16-22(28)15-20)24(31-17-19-9-6-5-7-10-19)23-11-8-12-29(23)25(30)32-26(2,3)4;1-18(2,3)25-17(24)22-6-4-5-15(22)16(23)14(21)9-11-7-12(19)10-13(20)8-11/h5-7,9-10,14-16,18,23-24H,8,11-13,17H2,1-4H3;7-8,10,14-16,23H,4-6,9,21H2,1-3H3/t18-,23+,24-;14-,15+,16-/m00/s1. The van der Waals surface area contributed by atoms with Crippen molar-refractivity contribution in [2.24, 2.45) is 11.7 Å². The van der Waals surface area contributed by atoms with E-state index in [9.17, 15) is 32.3 Å². The van der Waals surface area contributed by atoms with Gasteiger partial charge >= 0.3 is 12.2 Å². The molecule has 2 amide bonds. The summed E-state index contributed by atoms with van der Waals surface area (Å²) >= 11 is 0. The first-order valence-corrected chi connectivity index (χ1v) is 19.7. The van der Waals surface area contributed by atoms with Crippen LogP contribution >= 0.6 is 0 Å². The van der Waals surface area contributed by atoms with Crippen molar-refractivity contribution in [1.29, 1.82) is 0 Å². The Morgan fingerprint density at radius 1 is 0.719 bits per heavy atom. The number of carbonyl (C=O) groups excluding carboxylic acids is 2. The molecule has 2 saturated heterocycles. The number of benzene rings is 3.